The van der Waals surface area contributed by atoms with E-state index in [9.17, 15) is 14.7 Å². The standard InChI is InChI=1S/C18H26N2O3/c1-13(21)11-18(3,4)12-19-17(23)10-7-15-5-8-16(9-6-15)20-14(2)22/h5-10,13,21H,11-12H2,1-4H3,(H,19,23)(H,20,22). The molecule has 5 nitrogen and oxygen atoms in total. The van der Waals surface area contributed by atoms with Crippen LogP contribution in [0.5, 0.6) is 0 Å². The lowest BCUT2D eigenvalue weighted by Gasteiger charge is -2.26. The van der Waals surface area contributed by atoms with E-state index in [0.717, 1.165) is 11.3 Å². The first-order valence-corrected chi connectivity index (χ1v) is 7.69. The van der Waals surface area contributed by atoms with Crippen molar-refractivity contribution in [1.29, 1.82) is 0 Å². The van der Waals surface area contributed by atoms with E-state index in [-0.39, 0.29) is 23.3 Å². The van der Waals surface area contributed by atoms with Crippen LogP contribution in [0.2, 0.25) is 0 Å². The number of anilines is 1. The van der Waals surface area contributed by atoms with Crippen molar-refractivity contribution >= 4 is 23.6 Å². The molecule has 0 bridgehead atoms. The van der Waals surface area contributed by atoms with Crippen LogP contribution >= 0.6 is 0 Å². The van der Waals surface area contributed by atoms with Crippen molar-refractivity contribution < 1.29 is 14.7 Å². The molecular formula is C18H26N2O3. The van der Waals surface area contributed by atoms with Gasteiger partial charge in [-0.15, -0.1) is 0 Å². The number of aliphatic hydroxyl groups excluding tert-OH is 1. The van der Waals surface area contributed by atoms with E-state index in [1.54, 1.807) is 25.1 Å². The van der Waals surface area contributed by atoms with Gasteiger partial charge in [0.25, 0.3) is 0 Å². The van der Waals surface area contributed by atoms with Crippen LogP contribution < -0.4 is 10.6 Å². The van der Waals surface area contributed by atoms with Crippen molar-refractivity contribution in [2.75, 3.05) is 11.9 Å². The molecule has 0 spiro atoms. The summed E-state index contributed by atoms with van der Waals surface area (Å²) in [5.41, 5.74) is 1.44. The van der Waals surface area contributed by atoms with E-state index in [1.807, 2.05) is 26.0 Å². The minimum absolute atomic E-state index is 0.118. The summed E-state index contributed by atoms with van der Waals surface area (Å²) in [5.74, 6) is -0.290. The van der Waals surface area contributed by atoms with Crippen LogP contribution in [0.15, 0.2) is 30.3 Å². The van der Waals surface area contributed by atoms with Crippen LogP contribution in [0, 0.1) is 5.41 Å². The molecule has 0 saturated carbocycles. The van der Waals surface area contributed by atoms with Gasteiger partial charge in [0.05, 0.1) is 6.10 Å². The van der Waals surface area contributed by atoms with Gasteiger partial charge in [-0.1, -0.05) is 26.0 Å². The van der Waals surface area contributed by atoms with E-state index in [2.05, 4.69) is 10.6 Å². The Morgan fingerprint density at radius 2 is 1.87 bits per heavy atom. The van der Waals surface area contributed by atoms with Gasteiger partial charge in [0, 0.05) is 25.2 Å². The fourth-order valence-corrected chi connectivity index (χ4v) is 2.31. The van der Waals surface area contributed by atoms with Crippen LogP contribution in [0.4, 0.5) is 5.69 Å². The molecule has 0 heterocycles. The molecule has 1 aromatic carbocycles. The molecule has 0 aliphatic heterocycles. The Hall–Kier alpha value is -2.14. The van der Waals surface area contributed by atoms with Crippen molar-refractivity contribution in [2.24, 2.45) is 5.41 Å². The predicted molar refractivity (Wildman–Crippen MR) is 92.9 cm³/mol. The van der Waals surface area contributed by atoms with Gasteiger partial charge >= 0.3 is 0 Å². The summed E-state index contributed by atoms with van der Waals surface area (Å²) >= 11 is 0. The Kier molecular flexibility index (Phi) is 6.97. The number of carbonyl (C=O) groups is 2. The summed E-state index contributed by atoms with van der Waals surface area (Å²) in [4.78, 5) is 22.8. The average molecular weight is 318 g/mol. The second-order valence-electron chi connectivity index (χ2n) is 6.57. The Bertz CT molecular complexity index is 560. The van der Waals surface area contributed by atoms with Crippen LogP contribution in [0.25, 0.3) is 6.08 Å². The summed E-state index contributed by atoms with van der Waals surface area (Å²) in [6.07, 6.45) is 3.43. The van der Waals surface area contributed by atoms with Crippen molar-refractivity contribution in [2.45, 2.75) is 40.2 Å². The second kappa shape index (κ2) is 8.48. The molecule has 1 rings (SSSR count). The van der Waals surface area contributed by atoms with Crippen molar-refractivity contribution in [3.63, 3.8) is 0 Å². The summed E-state index contributed by atoms with van der Waals surface area (Å²) in [5, 5.41) is 15.0. The van der Waals surface area contributed by atoms with Gasteiger partial charge < -0.3 is 15.7 Å². The van der Waals surface area contributed by atoms with E-state index < -0.39 is 0 Å². The molecule has 3 N–H and O–H groups in total. The molecule has 126 valence electrons. The molecule has 0 aliphatic carbocycles. The zero-order chi connectivity index (χ0) is 17.5. The SMILES string of the molecule is CC(=O)Nc1ccc(C=CC(=O)NCC(C)(C)CC(C)O)cc1. The summed E-state index contributed by atoms with van der Waals surface area (Å²) < 4.78 is 0. The maximum Gasteiger partial charge on any atom is 0.244 e. The highest BCUT2D eigenvalue weighted by atomic mass is 16.3. The molecule has 0 aromatic heterocycles. The molecule has 1 aromatic rings. The second-order valence-corrected chi connectivity index (χ2v) is 6.57. The molecule has 1 atom stereocenters. The smallest absolute Gasteiger partial charge is 0.244 e. The molecular weight excluding hydrogens is 292 g/mol. The van der Waals surface area contributed by atoms with Crippen molar-refractivity contribution in [1.82, 2.24) is 5.32 Å². The number of amides is 2. The Balaban J connectivity index is 2.50. The number of rotatable bonds is 7. The fourth-order valence-electron chi connectivity index (χ4n) is 2.31. The molecule has 0 fully saturated rings. The zero-order valence-electron chi connectivity index (χ0n) is 14.2. The number of carbonyl (C=O) groups excluding carboxylic acids is 2. The number of hydrogen-bond acceptors (Lipinski definition) is 3. The van der Waals surface area contributed by atoms with E-state index in [1.165, 1.54) is 13.0 Å². The third-order valence-corrected chi connectivity index (χ3v) is 3.25. The van der Waals surface area contributed by atoms with Gasteiger partial charge in [0.15, 0.2) is 0 Å². The van der Waals surface area contributed by atoms with Gasteiger partial charge in [0.2, 0.25) is 11.8 Å². The molecule has 2 amide bonds. The van der Waals surface area contributed by atoms with E-state index >= 15 is 0 Å². The summed E-state index contributed by atoms with van der Waals surface area (Å²) in [6.45, 7) is 7.71. The minimum atomic E-state index is -0.389. The highest BCUT2D eigenvalue weighted by Gasteiger charge is 2.20. The average Bonchev–Trinajstić information content (AvgIpc) is 2.42. The molecule has 1 unspecified atom stereocenters. The first-order chi connectivity index (χ1) is 10.7. The first-order valence-electron chi connectivity index (χ1n) is 7.69. The zero-order valence-corrected chi connectivity index (χ0v) is 14.2. The summed E-state index contributed by atoms with van der Waals surface area (Å²) in [6, 6.07) is 7.22. The predicted octanol–water partition coefficient (Wildman–Crippen LogP) is 2.57. The van der Waals surface area contributed by atoms with Gasteiger partial charge in [-0.2, -0.15) is 0 Å². The minimum Gasteiger partial charge on any atom is -0.393 e. The topological polar surface area (TPSA) is 78.4 Å². The molecule has 0 aliphatic rings. The third kappa shape index (κ3) is 8.16. The third-order valence-electron chi connectivity index (χ3n) is 3.25. The molecule has 5 heteroatoms. The number of nitrogens with one attached hydrogen (secondary N) is 2. The molecule has 23 heavy (non-hydrogen) atoms. The van der Waals surface area contributed by atoms with Crippen LogP contribution in [0.3, 0.4) is 0 Å². The number of benzene rings is 1. The normalized spacial score (nSPS) is 12.9. The highest BCUT2D eigenvalue weighted by molar-refractivity contribution is 5.92. The maximum atomic E-state index is 11.8. The van der Waals surface area contributed by atoms with Crippen LogP contribution in [-0.4, -0.2) is 29.6 Å². The lowest BCUT2D eigenvalue weighted by molar-refractivity contribution is -0.117. The maximum absolute atomic E-state index is 11.8. The quantitative estimate of drug-likeness (QED) is 0.676. The number of hydrogen-bond donors (Lipinski definition) is 3. The lowest BCUT2D eigenvalue weighted by Crippen LogP contribution is -2.34. The monoisotopic (exact) mass is 318 g/mol. The molecule has 0 saturated heterocycles. The lowest BCUT2D eigenvalue weighted by atomic mass is 9.87. The fraction of sp³-hybridized carbons (Fsp3) is 0.444. The van der Waals surface area contributed by atoms with Crippen molar-refractivity contribution in [3.8, 4) is 0 Å². The van der Waals surface area contributed by atoms with Gasteiger partial charge in [-0.05, 0) is 42.5 Å². The van der Waals surface area contributed by atoms with Gasteiger partial charge in [-0.25, -0.2) is 0 Å². The van der Waals surface area contributed by atoms with Crippen LogP contribution in [-0.2, 0) is 9.59 Å². The highest BCUT2D eigenvalue weighted by Crippen LogP contribution is 2.21. The first kappa shape index (κ1) is 18.9. The van der Waals surface area contributed by atoms with Crippen molar-refractivity contribution in [3.05, 3.63) is 35.9 Å². The number of aliphatic hydroxyl groups is 1. The van der Waals surface area contributed by atoms with Gasteiger partial charge in [0.1, 0.15) is 0 Å². The summed E-state index contributed by atoms with van der Waals surface area (Å²) in [7, 11) is 0. The largest absolute Gasteiger partial charge is 0.393 e. The Labute approximate surface area is 137 Å². The van der Waals surface area contributed by atoms with E-state index in [4.69, 9.17) is 0 Å². The molecule has 0 radical (unpaired) electrons. The Morgan fingerprint density at radius 3 is 2.39 bits per heavy atom. The van der Waals surface area contributed by atoms with Crippen LogP contribution in [0.1, 0.15) is 39.7 Å². The van der Waals surface area contributed by atoms with E-state index in [0.29, 0.717) is 13.0 Å². The van der Waals surface area contributed by atoms with Gasteiger partial charge in [-0.3, -0.25) is 9.59 Å². The Morgan fingerprint density at radius 1 is 1.26 bits per heavy atom.